The highest BCUT2D eigenvalue weighted by Crippen LogP contribution is 2.30. The van der Waals surface area contributed by atoms with E-state index in [1.807, 2.05) is 19.9 Å². The first-order valence-electron chi connectivity index (χ1n) is 5.26. The highest BCUT2D eigenvalue weighted by atomic mass is 35.5. The van der Waals surface area contributed by atoms with Crippen LogP contribution in [-0.2, 0) is 0 Å². The van der Waals surface area contributed by atoms with Crippen LogP contribution in [0.3, 0.4) is 0 Å². The highest BCUT2D eigenvalue weighted by Gasteiger charge is 2.17. The second-order valence-electron chi connectivity index (χ2n) is 4.01. The van der Waals surface area contributed by atoms with Crippen LogP contribution in [-0.4, -0.2) is 0 Å². The maximum atomic E-state index is 13.8. The predicted octanol–water partition coefficient (Wildman–Crippen LogP) is 4.21. The largest absolute Gasteiger partial charge is 0.320 e. The van der Waals surface area contributed by atoms with Gasteiger partial charge in [-0.05, 0) is 37.6 Å². The number of rotatable bonds is 2. The Morgan fingerprint density at radius 2 is 1.94 bits per heavy atom. The van der Waals surface area contributed by atoms with E-state index >= 15 is 0 Å². The zero-order valence-electron chi connectivity index (χ0n) is 9.63. The summed E-state index contributed by atoms with van der Waals surface area (Å²) >= 11 is 7.40. The van der Waals surface area contributed by atoms with Crippen molar-refractivity contribution in [2.45, 2.75) is 19.9 Å². The molecule has 0 aliphatic carbocycles. The number of hydrogen-bond donors (Lipinski definition) is 1. The smallest absolute Gasteiger partial charge is 0.129 e. The molecule has 1 heterocycles. The van der Waals surface area contributed by atoms with Gasteiger partial charge < -0.3 is 5.73 Å². The molecule has 2 aromatic rings. The zero-order valence-corrected chi connectivity index (χ0v) is 11.2. The molecule has 1 aromatic carbocycles. The molecule has 90 valence electrons. The lowest BCUT2D eigenvalue weighted by molar-refractivity contribution is 0.599. The summed E-state index contributed by atoms with van der Waals surface area (Å²) in [4.78, 5) is 2.31. The summed E-state index contributed by atoms with van der Waals surface area (Å²) in [5.74, 6) is -0.353. The Morgan fingerprint density at radius 3 is 2.47 bits per heavy atom. The van der Waals surface area contributed by atoms with Gasteiger partial charge in [-0.3, -0.25) is 0 Å². The second kappa shape index (κ2) is 4.77. The van der Waals surface area contributed by atoms with Gasteiger partial charge in [0.25, 0.3) is 0 Å². The fourth-order valence-corrected chi connectivity index (χ4v) is 3.01. The van der Waals surface area contributed by atoms with E-state index in [0.29, 0.717) is 10.6 Å². The van der Waals surface area contributed by atoms with Crippen molar-refractivity contribution in [1.29, 1.82) is 0 Å². The number of thiophene rings is 1. The number of benzene rings is 1. The van der Waals surface area contributed by atoms with Crippen LogP contribution in [0.5, 0.6) is 0 Å². The molecule has 0 bridgehead atoms. The van der Waals surface area contributed by atoms with Crippen LogP contribution in [0.25, 0.3) is 0 Å². The van der Waals surface area contributed by atoms with Gasteiger partial charge in [-0.25, -0.2) is 4.39 Å². The van der Waals surface area contributed by atoms with Crippen LogP contribution >= 0.6 is 22.9 Å². The molecule has 1 nitrogen and oxygen atoms in total. The standard InChI is InChI=1S/C13H13ClFNS/c1-7-5-11(8(2)17-7)13(16)10-4-3-9(14)6-12(10)15/h3-6,13H,16H2,1-2H3. The molecular formula is C13H13ClFNS. The van der Waals surface area contributed by atoms with Crippen LogP contribution < -0.4 is 5.73 Å². The van der Waals surface area contributed by atoms with Crippen molar-refractivity contribution in [3.63, 3.8) is 0 Å². The topological polar surface area (TPSA) is 26.0 Å². The molecular weight excluding hydrogens is 257 g/mol. The number of hydrogen-bond acceptors (Lipinski definition) is 2. The number of aryl methyl sites for hydroxylation is 2. The van der Waals surface area contributed by atoms with Crippen molar-refractivity contribution in [1.82, 2.24) is 0 Å². The fourth-order valence-electron chi connectivity index (χ4n) is 1.88. The summed E-state index contributed by atoms with van der Waals surface area (Å²) in [7, 11) is 0. The average molecular weight is 270 g/mol. The molecule has 0 saturated heterocycles. The fraction of sp³-hybridized carbons (Fsp3) is 0.231. The average Bonchev–Trinajstić information content (AvgIpc) is 2.57. The Balaban J connectivity index is 2.43. The lowest BCUT2D eigenvalue weighted by Gasteiger charge is -2.13. The quantitative estimate of drug-likeness (QED) is 0.869. The summed E-state index contributed by atoms with van der Waals surface area (Å²) in [5.41, 5.74) is 7.57. The first-order valence-corrected chi connectivity index (χ1v) is 6.46. The van der Waals surface area contributed by atoms with Crippen molar-refractivity contribution < 1.29 is 4.39 Å². The Labute approximate surface area is 109 Å². The molecule has 0 spiro atoms. The van der Waals surface area contributed by atoms with Gasteiger partial charge in [-0.2, -0.15) is 0 Å². The summed E-state index contributed by atoms with van der Waals surface area (Å²) in [6.07, 6.45) is 0. The second-order valence-corrected chi connectivity index (χ2v) is 5.91. The molecule has 2 rings (SSSR count). The Hall–Kier alpha value is -0.900. The van der Waals surface area contributed by atoms with E-state index in [-0.39, 0.29) is 5.82 Å². The summed E-state index contributed by atoms with van der Waals surface area (Å²) in [5, 5.41) is 0.386. The van der Waals surface area contributed by atoms with Gasteiger partial charge in [-0.15, -0.1) is 11.3 Å². The van der Waals surface area contributed by atoms with Gasteiger partial charge in [-0.1, -0.05) is 17.7 Å². The van der Waals surface area contributed by atoms with E-state index < -0.39 is 6.04 Å². The van der Waals surface area contributed by atoms with E-state index in [1.165, 1.54) is 10.9 Å². The monoisotopic (exact) mass is 269 g/mol. The summed E-state index contributed by atoms with van der Waals surface area (Å²) in [6.45, 7) is 4.02. The number of nitrogens with two attached hydrogens (primary N) is 1. The molecule has 2 N–H and O–H groups in total. The van der Waals surface area contributed by atoms with E-state index in [1.54, 1.807) is 23.5 Å². The van der Waals surface area contributed by atoms with Crippen molar-refractivity contribution in [2.24, 2.45) is 5.73 Å². The lowest BCUT2D eigenvalue weighted by Crippen LogP contribution is -2.13. The minimum Gasteiger partial charge on any atom is -0.320 e. The van der Waals surface area contributed by atoms with Gasteiger partial charge in [0.15, 0.2) is 0 Å². The van der Waals surface area contributed by atoms with Gasteiger partial charge in [0.1, 0.15) is 5.82 Å². The molecule has 0 saturated carbocycles. The van der Waals surface area contributed by atoms with Gasteiger partial charge >= 0.3 is 0 Å². The van der Waals surface area contributed by atoms with Crippen molar-refractivity contribution in [2.75, 3.05) is 0 Å². The van der Waals surface area contributed by atoms with Crippen LogP contribution in [0.2, 0.25) is 5.02 Å². The van der Waals surface area contributed by atoms with Crippen molar-refractivity contribution in [3.8, 4) is 0 Å². The van der Waals surface area contributed by atoms with Crippen LogP contribution in [0.15, 0.2) is 24.3 Å². The maximum Gasteiger partial charge on any atom is 0.129 e. The molecule has 4 heteroatoms. The molecule has 0 fully saturated rings. The minimum absolute atomic E-state index is 0.353. The Morgan fingerprint density at radius 1 is 1.24 bits per heavy atom. The van der Waals surface area contributed by atoms with E-state index in [0.717, 1.165) is 10.4 Å². The summed E-state index contributed by atoms with van der Waals surface area (Å²) in [6, 6.07) is 6.19. The van der Waals surface area contributed by atoms with Crippen LogP contribution in [0.4, 0.5) is 4.39 Å². The third kappa shape index (κ3) is 2.51. The molecule has 1 unspecified atom stereocenters. The van der Waals surface area contributed by atoms with Crippen molar-refractivity contribution >= 4 is 22.9 Å². The molecule has 0 radical (unpaired) electrons. The van der Waals surface area contributed by atoms with Crippen LogP contribution in [0, 0.1) is 19.7 Å². The Bertz CT molecular complexity index is 550. The normalized spacial score (nSPS) is 12.8. The van der Waals surface area contributed by atoms with E-state index in [9.17, 15) is 4.39 Å². The first kappa shape index (κ1) is 12.6. The Kier molecular flexibility index (Phi) is 3.52. The zero-order chi connectivity index (χ0) is 12.6. The minimum atomic E-state index is -0.433. The molecule has 1 aromatic heterocycles. The van der Waals surface area contributed by atoms with Gasteiger partial charge in [0.2, 0.25) is 0 Å². The molecule has 0 amide bonds. The van der Waals surface area contributed by atoms with Crippen molar-refractivity contribution in [3.05, 3.63) is 56.0 Å². The van der Waals surface area contributed by atoms with E-state index in [4.69, 9.17) is 17.3 Å². The summed E-state index contributed by atoms with van der Waals surface area (Å²) < 4.78 is 13.8. The molecule has 17 heavy (non-hydrogen) atoms. The maximum absolute atomic E-state index is 13.8. The number of halogens is 2. The molecule has 0 aliphatic rings. The predicted molar refractivity (Wildman–Crippen MR) is 71.2 cm³/mol. The van der Waals surface area contributed by atoms with Gasteiger partial charge in [0, 0.05) is 20.3 Å². The molecule has 1 atom stereocenters. The van der Waals surface area contributed by atoms with E-state index in [2.05, 4.69) is 0 Å². The lowest BCUT2D eigenvalue weighted by atomic mass is 9.99. The first-order chi connectivity index (χ1) is 7.99. The van der Waals surface area contributed by atoms with Crippen LogP contribution in [0.1, 0.15) is 26.9 Å². The third-order valence-corrected chi connectivity index (χ3v) is 3.93. The van der Waals surface area contributed by atoms with Gasteiger partial charge in [0.05, 0.1) is 6.04 Å². The highest BCUT2D eigenvalue weighted by molar-refractivity contribution is 7.12. The third-order valence-electron chi connectivity index (χ3n) is 2.71. The molecule has 0 aliphatic heterocycles. The SMILES string of the molecule is Cc1cc(C(N)c2ccc(Cl)cc2F)c(C)s1.